The van der Waals surface area contributed by atoms with E-state index >= 15 is 0 Å². The smallest absolute Gasteiger partial charge is 0.129 e. The number of rotatable bonds is 2. The third-order valence-electron chi connectivity index (χ3n) is 2.98. The maximum absolute atomic E-state index is 13.8. The Bertz CT molecular complexity index is 529. The van der Waals surface area contributed by atoms with Gasteiger partial charge < -0.3 is 5.11 Å². The van der Waals surface area contributed by atoms with Crippen LogP contribution in [-0.4, -0.2) is 5.11 Å². The van der Waals surface area contributed by atoms with E-state index in [1.165, 1.54) is 6.07 Å². The first kappa shape index (κ1) is 13.2. The molecule has 0 heterocycles. The normalized spacial score (nSPS) is 12.5. The zero-order chi connectivity index (χ0) is 13.3. The molecular formula is C15H14BrFO. The van der Waals surface area contributed by atoms with E-state index in [1.54, 1.807) is 12.1 Å². The van der Waals surface area contributed by atoms with E-state index in [0.29, 0.717) is 0 Å². The van der Waals surface area contributed by atoms with Crippen LogP contribution >= 0.6 is 15.9 Å². The van der Waals surface area contributed by atoms with E-state index in [9.17, 15) is 9.50 Å². The second kappa shape index (κ2) is 5.21. The SMILES string of the molecule is Cc1ccc(C)c(C(O)c2cc(Br)ccc2F)c1. The average molecular weight is 309 g/mol. The predicted octanol–water partition coefficient (Wildman–Crippen LogP) is 4.29. The molecule has 0 amide bonds. The van der Waals surface area contributed by atoms with Crippen molar-refractivity contribution in [1.29, 1.82) is 0 Å². The number of aryl methyl sites for hydroxylation is 2. The lowest BCUT2D eigenvalue weighted by Crippen LogP contribution is -2.05. The zero-order valence-corrected chi connectivity index (χ0v) is 11.8. The first-order valence-electron chi connectivity index (χ1n) is 5.69. The summed E-state index contributed by atoms with van der Waals surface area (Å²) in [4.78, 5) is 0. The minimum atomic E-state index is -0.942. The molecular weight excluding hydrogens is 295 g/mol. The van der Waals surface area contributed by atoms with Crippen LogP contribution < -0.4 is 0 Å². The highest BCUT2D eigenvalue weighted by Gasteiger charge is 2.17. The van der Waals surface area contributed by atoms with E-state index in [-0.39, 0.29) is 5.56 Å². The first-order valence-corrected chi connectivity index (χ1v) is 6.48. The lowest BCUT2D eigenvalue weighted by molar-refractivity contribution is 0.214. The molecule has 94 valence electrons. The molecule has 1 unspecified atom stereocenters. The molecule has 2 rings (SSSR count). The van der Waals surface area contributed by atoms with Crippen LogP contribution in [0.4, 0.5) is 4.39 Å². The van der Waals surface area contributed by atoms with Crippen LogP contribution in [0.2, 0.25) is 0 Å². The molecule has 1 atom stereocenters. The lowest BCUT2D eigenvalue weighted by atomic mass is 9.95. The number of aliphatic hydroxyl groups excluding tert-OH is 1. The molecule has 0 radical (unpaired) electrons. The second-order valence-corrected chi connectivity index (χ2v) is 5.34. The Kier molecular flexibility index (Phi) is 3.83. The monoisotopic (exact) mass is 308 g/mol. The number of hydrogen-bond donors (Lipinski definition) is 1. The standard InChI is InChI=1S/C15H14BrFO/c1-9-3-4-10(2)12(7-9)15(18)13-8-11(16)5-6-14(13)17/h3-8,15,18H,1-2H3. The van der Waals surface area contributed by atoms with Crippen molar-refractivity contribution < 1.29 is 9.50 Å². The van der Waals surface area contributed by atoms with Crippen molar-refractivity contribution in [3.63, 3.8) is 0 Å². The molecule has 0 fully saturated rings. The minimum Gasteiger partial charge on any atom is -0.384 e. The molecule has 0 saturated heterocycles. The van der Waals surface area contributed by atoms with Crippen LogP contribution in [0.1, 0.15) is 28.4 Å². The van der Waals surface area contributed by atoms with Crippen molar-refractivity contribution >= 4 is 15.9 Å². The molecule has 0 bridgehead atoms. The molecule has 1 N–H and O–H groups in total. The summed E-state index contributed by atoms with van der Waals surface area (Å²) in [6.45, 7) is 3.86. The maximum atomic E-state index is 13.8. The number of hydrogen-bond acceptors (Lipinski definition) is 1. The van der Waals surface area contributed by atoms with Crippen LogP contribution in [0, 0.1) is 19.7 Å². The van der Waals surface area contributed by atoms with Crippen molar-refractivity contribution in [3.05, 3.63) is 68.9 Å². The van der Waals surface area contributed by atoms with Gasteiger partial charge in [0.1, 0.15) is 11.9 Å². The van der Waals surface area contributed by atoms with E-state index in [0.717, 1.165) is 21.2 Å². The number of halogens is 2. The van der Waals surface area contributed by atoms with Gasteiger partial charge in [-0.1, -0.05) is 39.7 Å². The van der Waals surface area contributed by atoms with Crippen LogP contribution in [-0.2, 0) is 0 Å². The third-order valence-corrected chi connectivity index (χ3v) is 3.48. The van der Waals surface area contributed by atoms with Gasteiger partial charge >= 0.3 is 0 Å². The summed E-state index contributed by atoms with van der Waals surface area (Å²) in [7, 11) is 0. The van der Waals surface area contributed by atoms with Gasteiger partial charge in [-0.05, 0) is 43.2 Å². The van der Waals surface area contributed by atoms with E-state index in [2.05, 4.69) is 15.9 Å². The predicted molar refractivity (Wildman–Crippen MR) is 74.1 cm³/mol. The van der Waals surface area contributed by atoms with Crippen molar-refractivity contribution in [2.24, 2.45) is 0 Å². The Labute approximate surface area is 114 Å². The molecule has 0 aromatic heterocycles. The maximum Gasteiger partial charge on any atom is 0.129 e. The Morgan fingerprint density at radius 2 is 1.78 bits per heavy atom. The van der Waals surface area contributed by atoms with Gasteiger partial charge in [0, 0.05) is 10.0 Å². The second-order valence-electron chi connectivity index (χ2n) is 4.43. The lowest BCUT2D eigenvalue weighted by Gasteiger charge is -2.16. The average Bonchev–Trinajstić information content (AvgIpc) is 2.34. The quantitative estimate of drug-likeness (QED) is 0.877. The molecule has 1 nitrogen and oxygen atoms in total. The molecule has 0 spiro atoms. The van der Waals surface area contributed by atoms with Crippen LogP contribution in [0.15, 0.2) is 40.9 Å². The van der Waals surface area contributed by atoms with Gasteiger partial charge in [0.2, 0.25) is 0 Å². The summed E-state index contributed by atoms with van der Waals surface area (Å²) in [5.41, 5.74) is 3.03. The molecule has 18 heavy (non-hydrogen) atoms. The van der Waals surface area contributed by atoms with E-state index < -0.39 is 11.9 Å². The summed E-state index contributed by atoms with van der Waals surface area (Å²) in [5, 5.41) is 10.3. The Morgan fingerprint density at radius 1 is 1.06 bits per heavy atom. The van der Waals surface area contributed by atoms with Gasteiger partial charge in [-0.3, -0.25) is 0 Å². The van der Waals surface area contributed by atoms with Crippen molar-refractivity contribution in [3.8, 4) is 0 Å². The van der Waals surface area contributed by atoms with Crippen LogP contribution in [0.5, 0.6) is 0 Å². The molecule has 0 aliphatic carbocycles. The topological polar surface area (TPSA) is 20.2 Å². The molecule has 0 aliphatic rings. The van der Waals surface area contributed by atoms with Crippen molar-refractivity contribution in [1.82, 2.24) is 0 Å². The van der Waals surface area contributed by atoms with Crippen LogP contribution in [0.25, 0.3) is 0 Å². The molecule has 0 saturated carbocycles. The highest BCUT2D eigenvalue weighted by Crippen LogP contribution is 2.29. The Hall–Kier alpha value is -1.19. The van der Waals surface area contributed by atoms with Crippen molar-refractivity contribution in [2.75, 3.05) is 0 Å². The molecule has 2 aromatic carbocycles. The van der Waals surface area contributed by atoms with Crippen LogP contribution in [0.3, 0.4) is 0 Å². The van der Waals surface area contributed by atoms with Gasteiger partial charge in [-0.15, -0.1) is 0 Å². The summed E-state index contributed by atoms with van der Waals surface area (Å²) in [6, 6.07) is 10.4. The van der Waals surface area contributed by atoms with E-state index in [1.807, 2.05) is 32.0 Å². The first-order chi connectivity index (χ1) is 8.49. The fourth-order valence-electron chi connectivity index (χ4n) is 1.95. The van der Waals surface area contributed by atoms with Gasteiger partial charge in [0.05, 0.1) is 0 Å². The minimum absolute atomic E-state index is 0.290. The Balaban J connectivity index is 2.50. The molecule has 3 heteroatoms. The fourth-order valence-corrected chi connectivity index (χ4v) is 2.32. The van der Waals surface area contributed by atoms with Gasteiger partial charge in [0.15, 0.2) is 0 Å². The number of benzene rings is 2. The largest absolute Gasteiger partial charge is 0.384 e. The Morgan fingerprint density at radius 3 is 2.50 bits per heavy atom. The highest BCUT2D eigenvalue weighted by molar-refractivity contribution is 9.10. The highest BCUT2D eigenvalue weighted by atomic mass is 79.9. The molecule has 2 aromatic rings. The third kappa shape index (κ3) is 2.62. The molecule has 0 aliphatic heterocycles. The summed E-state index contributed by atoms with van der Waals surface area (Å²) in [6.07, 6.45) is -0.942. The van der Waals surface area contributed by atoms with Gasteiger partial charge in [0.25, 0.3) is 0 Å². The summed E-state index contributed by atoms with van der Waals surface area (Å²) < 4.78 is 14.5. The zero-order valence-electron chi connectivity index (χ0n) is 10.2. The fraction of sp³-hybridized carbons (Fsp3) is 0.200. The number of aliphatic hydroxyl groups is 1. The van der Waals surface area contributed by atoms with E-state index in [4.69, 9.17) is 0 Å². The summed E-state index contributed by atoms with van der Waals surface area (Å²) in [5.74, 6) is -0.397. The van der Waals surface area contributed by atoms with Crippen molar-refractivity contribution in [2.45, 2.75) is 20.0 Å². The van der Waals surface area contributed by atoms with Gasteiger partial charge in [-0.2, -0.15) is 0 Å². The van der Waals surface area contributed by atoms with Gasteiger partial charge in [-0.25, -0.2) is 4.39 Å². The summed E-state index contributed by atoms with van der Waals surface area (Å²) >= 11 is 3.29.